The summed E-state index contributed by atoms with van der Waals surface area (Å²) in [5.41, 5.74) is 2.03. The average molecular weight is 221 g/mol. The van der Waals surface area contributed by atoms with Crippen LogP contribution in [0.25, 0.3) is 0 Å². The van der Waals surface area contributed by atoms with E-state index >= 15 is 0 Å². The number of rotatable bonds is 5. The van der Waals surface area contributed by atoms with E-state index in [1.54, 1.807) is 0 Å². The Morgan fingerprint density at radius 2 is 1.94 bits per heavy atom. The molecule has 0 saturated carbocycles. The fourth-order valence-electron chi connectivity index (χ4n) is 1.51. The molecule has 0 fully saturated rings. The number of carboxylic acids is 1. The topological polar surface area (TPSA) is 49.3 Å². The minimum atomic E-state index is -0.796. The number of anilines is 1. The number of nitrogens with one attached hydrogen (secondary N) is 1. The molecule has 0 radical (unpaired) electrons. The first-order chi connectivity index (χ1) is 7.54. The van der Waals surface area contributed by atoms with E-state index in [-0.39, 0.29) is 5.92 Å². The molecule has 1 aromatic rings. The predicted octanol–water partition coefficient (Wildman–Crippen LogP) is 2.91. The van der Waals surface area contributed by atoms with Gasteiger partial charge in [0, 0.05) is 5.69 Å². The molecule has 0 aliphatic heterocycles. The highest BCUT2D eigenvalue weighted by atomic mass is 16.4. The quantitative estimate of drug-likeness (QED) is 0.803. The maximum Gasteiger partial charge on any atom is 0.326 e. The van der Waals surface area contributed by atoms with Gasteiger partial charge in [0.1, 0.15) is 6.04 Å². The number of hydrogen-bond donors (Lipinski definition) is 2. The molecule has 2 unspecified atom stereocenters. The van der Waals surface area contributed by atoms with E-state index in [0.717, 1.165) is 12.1 Å². The Bertz CT molecular complexity index is 345. The van der Waals surface area contributed by atoms with Gasteiger partial charge in [0.15, 0.2) is 0 Å². The summed E-state index contributed by atoms with van der Waals surface area (Å²) in [6.07, 6.45) is 0.843. The number of carboxylic acid groups (broad SMARTS) is 1. The molecule has 1 aromatic carbocycles. The predicted molar refractivity (Wildman–Crippen MR) is 65.7 cm³/mol. The first-order valence-corrected chi connectivity index (χ1v) is 5.60. The largest absolute Gasteiger partial charge is 0.480 e. The van der Waals surface area contributed by atoms with Crippen LogP contribution in [0, 0.1) is 12.8 Å². The highest BCUT2D eigenvalue weighted by molar-refractivity contribution is 5.77. The van der Waals surface area contributed by atoms with Gasteiger partial charge in [0.2, 0.25) is 0 Å². The average Bonchev–Trinajstić information content (AvgIpc) is 2.27. The van der Waals surface area contributed by atoms with Crippen molar-refractivity contribution in [3.05, 3.63) is 29.8 Å². The van der Waals surface area contributed by atoms with Gasteiger partial charge in [-0.3, -0.25) is 0 Å². The van der Waals surface area contributed by atoms with Crippen LogP contribution >= 0.6 is 0 Å². The van der Waals surface area contributed by atoms with Crippen molar-refractivity contribution in [2.45, 2.75) is 33.2 Å². The molecule has 0 aromatic heterocycles. The molecule has 0 aliphatic rings. The molecule has 0 spiro atoms. The van der Waals surface area contributed by atoms with Gasteiger partial charge in [-0.1, -0.05) is 38.0 Å². The standard InChI is InChI=1S/C13H19NO2/c1-4-10(3)12(13(15)16)14-11-7-5-9(2)6-8-11/h5-8,10,12,14H,4H2,1-3H3,(H,15,16). The van der Waals surface area contributed by atoms with Gasteiger partial charge in [0.05, 0.1) is 0 Å². The number of carbonyl (C=O) groups is 1. The van der Waals surface area contributed by atoms with E-state index in [0.29, 0.717) is 0 Å². The zero-order chi connectivity index (χ0) is 12.1. The third kappa shape index (κ3) is 3.26. The Hall–Kier alpha value is -1.51. The fraction of sp³-hybridized carbons (Fsp3) is 0.462. The molecule has 1 rings (SSSR count). The molecule has 3 nitrogen and oxygen atoms in total. The van der Waals surface area contributed by atoms with Crippen LogP contribution in [0.2, 0.25) is 0 Å². The molecule has 0 heterocycles. The van der Waals surface area contributed by atoms with Crippen molar-refractivity contribution >= 4 is 11.7 Å². The first kappa shape index (κ1) is 12.6. The minimum Gasteiger partial charge on any atom is -0.480 e. The van der Waals surface area contributed by atoms with Gasteiger partial charge in [-0.05, 0) is 25.0 Å². The van der Waals surface area contributed by atoms with Crippen molar-refractivity contribution in [3.8, 4) is 0 Å². The Morgan fingerprint density at radius 1 is 1.38 bits per heavy atom. The molecule has 0 bridgehead atoms. The van der Waals surface area contributed by atoms with E-state index in [1.165, 1.54) is 5.56 Å². The smallest absolute Gasteiger partial charge is 0.326 e. The van der Waals surface area contributed by atoms with Crippen LogP contribution in [0.5, 0.6) is 0 Å². The third-order valence-corrected chi connectivity index (χ3v) is 2.85. The van der Waals surface area contributed by atoms with E-state index in [9.17, 15) is 4.79 Å². The summed E-state index contributed by atoms with van der Waals surface area (Å²) in [4.78, 5) is 11.1. The van der Waals surface area contributed by atoms with E-state index < -0.39 is 12.0 Å². The van der Waals surface area contributed by atoms with E-state index in [1.807, 2.05) is 45.0 Å². The van der Waals surface area contributed by atoms with Crippen LogP contribution in [-0.2, 0) is 4.79 Å². The summed E-state index contributed by atoms with van der Waals surface area (Å²) in [5, 5.41) is 12.2. The first-order valence-electron chi connectivity index (χ1n) is 5.60. The summed E-state index contributed by atoms with van der Waals surface area (Å²) >= 11 is 0. The van der Waals surface area contributed by atoms with E-state index in [2.05, 4.69) is 5.32 Å². The molecule has 0 saturated heterocycles. The van der Waals surface area contributed by atoms with Crippen LogP contribution in [0.1, 0.15) is 25.8 Å². The molecular formula is C13H19NO2. The van der Waals surface area contributed by atoms with Crippen molar-refractivity contribution < 1.29 is 9.90 Å². The van der Waals surface area contributed by atoms with Gasteiger partial charge >= 0.3 is 5.97 Å². The zero-order valence-electron chi connectivity index (χ0n) is 10.0. The molecule has 16 heavy (non-hydrogen) atoms. The van der Waals surface area contributed by atoms with Crippen molar-refractivity contribution in [2.75, 3.05) is 5.32 Å². The molecule has 2 atom stereocenters. The van der Waals surface area contributed by atoms with Crippen LogP contribution in [-0.4, -0.2) is 17.1 Å². The molecular weight excluding hydrogens is 202 g/mol. The number of aryl methyl sites for hydroxylation is 1. The normalized spacial score (nSPS) is 14.2. The van der Waals surface area contributed by atoms with Gasteiger partial charge in [-0.15, -0.1) is 0 Å². The molecule has 88 valence electrons. The Morgan fingerprint density at radius 3 is 2.38 bits per heavy atom. The number of hydrogen-bond acceptors (Lipinski definition) is 2. The lowest BCUT2D eigenvalue weighted by Crippen LogP contribution is -2.35. The summed E-state index contributed by atoms with van der Waals surface area (Å²) in [6.45, 7) is 5.95. The maximum absolute atomic E-state index is 11.1. The number of benzene rings is 1. The third-order valence-electron chi connectivity index (χ3n) is 2.85. The highest BCUT2D eigenvalue weighted by Crippen LogP contribution is 2.16. The maximum atomic E-state index is 11.1. The van der Waals surface area contributed by atoms with Crippen LogP contribution in [0.15, 0.2) is 24.3 Å². The second kappa shape index (κ2) is 5.54. The Kier molecular flexibility index (Phi) is 4.35. The number of aliphatic carboxylic acids is 1. The summed E-state index contributed by atoms with van der Waals surface area (Å²) in [5.74, 6) is -0.686. The van der Waals surface area contributed by atoms with Gasteiger partial charge < -0.3 is 10.4 Å². The monoisotopic (exact) mass is 221 g/mol. The zero-order valence-corrected chi connectivity index (χ0v) is 10.0. The van der Waals surface area contributed by atoms with Crippen molar-refractivity contribution in [3.63, 3.8) is 0 Å². The molecule has 0 amide bonds. The molecule has 0 aliphatic carbocycles. The van der Waals surface area contributed by atoms with Gasteiger partial charge in [-0.2, -0.15) is 0 Å². The molecule has 2 N–H and O–H groups in total. The van der Waals surface area contributed by atoms with Gasteiger partial charge in [-0.25, -0.2) is 4.79 Å². The lowest BCUT2D eigenvalue weighted by Gasteiger charge is -2.21. The summed E-state index contributed by atoms with van der Waals surface area (Å²) in [6, 6.07) is 7.24. The van der Waals surface area contributed by atoms with Crippen LogP contribution < -0.4 is 5.32 Å². The Balaban J connectivity index is 2.75. The lowest BCUT2D eigenvalue weighted by molar-refractivity contribution is -0.139. The van der Waals surface area contributed by atoms with Crippen molar-refractivity contribution in [1.82, 2.24) is 0 Å². The van der Waals surface area contributed by atoms with Crippen LogP contribution in [0.4, 0.5) is 5.69 Å². The highest BCUT2D eigenvalue weighted by Gasteiger charge is 2.22. The summed E-state index contributed by atoms with van der Waals surface area (Å²) < 4.78 is 0. The fourth-order valence-corrected chi connectivity index (χ4v) is 1.51. The Labute approximate surface area is 96.5 Å². The van der Waals surface area contributed by atoms with Gasteiger partial charge in [0.25, 0.3) is 0 Å². The lowest BCUT2D eigenvalue weighted by atomic mass is 9.99. The minimum absolute atomic E-state index is 0.110. The van der Waals surface area contributed by atoms with Crippen molar-refractivity contribution in [1.29, 1.82) is 0 Å². The van der Waals surface area contributed by atoms with Crippen LogP contribution in [0.3, 0.4) is 0 Å². The van der Waals surface area contributed by atoms with Crippen molar-refractivity contribution in [2.24, 2.45) is 5.92 Å². The second-order valence-electron chi connectivity index (χ2n) is 4.21. The summed E-state index contributed by atoms with van der Waals surface area (Å²) in [7, 11) is 0. The van der Waals surface area contributed by atoms with E-state index in [4.69, 9.17) is 5.11 Å². The SMILES string of the molecule is CCC(C)C(Nc1ccc(C)cc1)C(=O)O. The molecule has 3 heteroatoms. The second-order valence-corrected chi connectivity index (χ2v) is 4.21.